The number of hydrogen-bond donors (Lipinski definition) is 1. The molecule has 2 aliphatic heterocycles. The molecular weight excluding hydrogens is 216 g/mol. The highest BCUT2D eigenvalue weighted by atomic mass is 32.2. The van der Waals surface area contributed by atoms with E-state index in [2.05, 4.69) is 28.9 Å². The number of piperazine rings is 1. The van der Waals surface area contributed by atoms with Gasteiger partial charge in [0.1, 0.15) is 0 Å². The summed E-state index contributed by atoms with van der Waals surface area (Å²) in [5.41, 5.74) is 0. The van der Waals surface area contributed by atoms with Gasteiger partial charge in [-0.15, -0.1) is 0 Å². The summed E-state index contributed by atoms with van der Waals surface area (Å²) in [6, 6.07) is 0.761. The van der Waals surface area contributed by atoms with Crippen LogP contribution in [0.2, 0.25) is 0 Å². The Kier molecular flexibility index (Phi) is 5.46. The molecular formula is C13H26N2S. The van der Waals surface area contributed by atoms with Gasteiger partial charge in [-0.3, -0.25) is 0 Å². The van der Waals surface area contributed by atoms with Crippen molar-refractivity contribution in [2.75, 3.05) is 37.7 Å². The lowest BCUT2D eigenvalue weighted by molar-refractivity contribution is 0.164. The highest BCUT2D eigenvalue weighted by Crippen LogP contribution is 2.23. The van der Waals surface area contributed by atoms with E-state index in [0.717, 1.165) is 12.0 Å². The fourth-order valence-electron chi connectivity index (χ4n) is 2.90. The molecule has 0 amide bonds. The lowest BCUT2D eigenvalue weighted by Gasteiger charge is -2.36. The van der Waals surface area contributed by atoms with Gasteiger partial charge in [-0.05, 0) is 36.7 Å². The predicted octanol–water partition coefficient (Wildman–Crippen LogP) is 2.20. The van der Waals surface area contributed by atoms with Crippen molar-refractivity contribution in [2.24, 2.45) is 5.92 Å². The predicted molar refractivity (Wildman–Crippen MR) is 73.2 cm³/mol. The van der Waals surface area contributed by atoms with Crippen molar-refractivity contribution in [3.05, 3.63) is 0 Å². The van der Waals surface area contributed by atoms with E-state index in [4.69, 9.17) is 0 Å². The Bertz CT molecular complexity index is 190. The second-order valence-electron chi connectivity index (χ2n) is 5.26. The van der Waals surface area contributed by atoms with Crippen LogP contribution in [-0.4, -0.2) is 48.6 Å². The minimum absolute atomic E-state index is 0.761. The third-order valence-electron chi connectivity index (χ3n) is 3.83. The maximum Gasteiger partial charge on any atom is 0.0195 e. The molecule has 2 rings (SSSR count). The lowest BCUT2D eigenvalue weighted by atomic mass is 10.0. The number of nitrogens with one attached hydrogen (secondary N) is 1. The Morgan fingerprint density at radius 2 is 2.12 bits per heavy atom. The Hall–Kier alpha value is 0.270. The van der Waals surface area contributed by atoms with Crippen molar-refractivity contribution in [3.8, 4) is 0 Å². The maximum atomic E-state index is 3.64. The molecule has 2 fully saturated rings. The molecule has 1 unspecified atom stereocenters. The summed E-state index contributed by atoms with van der Waals surface area (Å²) in [5, 5.41) is 3.64. The molecule has 0 radical (unpaired) electrons. The number of thioether (sulfide) groups is 1. The maximum absolute atomic E-state index is 3.64. The van der Waals surface area contributed by atoms with Crippen LogP contribution in [0.15, 0.2) is 0 Å². The van der Waals surface area contributed by atoms with E-state index in [9.17, 15) is 0 Å². The zero-order chi connectivity index (χ0) is 11.2. The molecule has 3 heteroatoms. The van der Waals surface area contributed by atoms with Crippen molar-refractivity contribution in [1.82, 2.24) is 10.2 Å². The average molecular weight is 242 g/mol. The molecule has 0 spiro atoms. The van der Waals surface area contributed by atoms with Crippen molar-refractivity contribution in [1.29, 1.82) is 0 Å². The molecule has 16 heavy (non-hydrogen) atoms. The number of nitrogens with zero attached hydrogens (tertiary/aromatic N) is 1. The summed E-state index contributed by atoms with van der Waals surface area (Å²) in [5.74, 6) is 3.78. The smallest absolute Gasteiger partial charge is 0.0195 e. The Labute approximate surface area is 105 Å². The van der Waals surface area contributed by atoms with Gasteiger partial charge < -0.3 is 10.2 Å². The molecule has 2 aliphatic rings. The van der Waals surface area contributed by atoms with E-state index in [1.807, 2.05) is 0 Å². The first kappa shape index (κ1) is 12.7. The van der Waals surface area contributed by atoms with Gasteiger partial charge >= 0.3 is 0 Å². The summed E-state index contributed by atoms with van der Waals surface area (Å²) in [6.07, 6.45) is 5.56. The topological polar surface area (TPSA) is 15.3 Å². The molecule has 0 aromatic heterocycles. The Morgan fingerprint density at radius 1 is 1.31 bits per heavy atom. The highest BCUT2D eigenvalue weighted by Gasteiger charge is 2.22. The molecule has 2 saturated heterocycles. The first-order valence-corrected chi connectivity index (χ1v) is 8.07. The summed E-state index contributed by atoms with van der Waals surface area (Å²) in [6.45, 7) is 7.41. The van der Waals surface area contributed by atoms with E-state index >= 15 is 0 Å². The van der Waals surface area contributed by atoms with Gasteiger partial charge in [0.25, 0.3) is 0 Å². The van der Waals surface area contributed by atoms with E-state index < -0.39 is 0 Å². The molecule has 94 valence electrons. The van der Waals surface area contributed by atoms with Crippen LogP contribution in [0.5, 0.6) is 0 Å². The second-order valence-corrected chi connectivity index (χ2v) is 6.48. The summed E-state index contributed by atoms with van der Waals surface area (Å²) < 4.78 is 0. The van der Waals surface area contributed by atoms with Crippen molar-refractivity contribution in [2.45, 2.75) is 38.6 Å². The van der Waals surface area contributed by atoms with Crippen LogP contribution in [0.1, 0.15) is 32.6 Å². The first-order valence-electron chi connectivity index (χ1n) is 6.92. The highest BCUT2D eigenvalue weighted by molar-refractivity contribution is 7.99. The minimum atomic E-state index is 0.761. The molecule has 2 heterocycles. The van der Waals surface area contributed by atoms with E-state index in [-0.39, 0.29) is 0 Å². The normalized spacial score (nSPS) is 29.4. The van der Waals surface area contributed by atoms with Gasteiger partial charge in [0.15, 0.2) is 0 Å². The van der Waals surface area contributed by atoms with Crippen molar-refractivity contribution in [3.63, 3.8) is 0 Å². The van der Waals surface area contributed by atoms with Gasteiger partial charge in [0.05, 0.1) is 0 Å². The van der Waals surface area contributed by atoms with Crippen LogP contribution >= 0.6 is 11.8 Å². The first-order chi connectivity index (χ1) is 7.88. The Morgan fingerprint density at radius 3 is 2.88 bits per heavy atom. The second kappa shape index (κ2) is 6.87. The van der Waals surface area contributed by atoms with E-state index in [1.54, 1.807) is 0 Å². The van der Waals surface area contributed by atoms with Crippen LogP contribution in [-0.2, 0) is 0 Å². The lowest BCUT2D eigenvalue weighted by Crippen LogP contribution is -2.51. The fourth-order valence-corrected chi connectivity index (χ4v) is 4.10. The van der Waals surface area contributed by atoms with Gasteiger partial charge in [0.2, 0.25) is 0 Å². The number of rotatable bonds is 4. The van der Waals surface area contributed by atoms with Crippen LogP contribution < -0.4 is 5.32 Å². The zero-order valence-electron chi connectivity index (χ0n) is 10.6. The minimum Gasteiger partial charge on any atom is -0.311 e. The zero-order valence-corrected chi connectivity index (χ0v) is 11.4. The third kappa shape index (κ3) is 3.94. The van der Waals surface area contributed by atoms with E-state index in [0.29, 0.717) is 0 Å². The van der Waals surface area contributed by atoms with Crippen LogP contribution in [0, 0.1) is 5.92 Å². The molecule has 0 saturated carbocycles. The van der Waals surface area contributed by atoms with Crippen LogP contribution in [0.25, 0.3) is 0 Å². The molecule has 2 nitrogen and oxygen atoms in total. The van der Waals surface area contributed by atoms with Gasteiger partial charge in [-0.2, -0.15) is 11.8 Å². The summed E-state index contributed by atoms with van der Waals surface area (Å²) in [7, 11) is 0. The molecule has 1 N–H and O–H groups in total. The Balaban J connectivity index is 1.71. The van der Waals surface area contributed by atoms with Crippen molar-refractivity contribution >= 4 is 11.8 Å². The molecule has 0 aromatic carbocycles. The van der Waals surface area contributed by atoms with Crippen LogP contribution in [0.4, 0.5) is 0 Å². The summed E-state index contributed by atoms with van der Waals surface area (Å²) >= 11 is 2.14. The molecule has 0 aromatic rings. The SMILES string of the molecule is CCCC1CN(CC2CCSCC2)CCN1. The molecule has 0 aliphatic carbocycles. The van der Waals surface area contributed by atoms with E-state index in [1.165, 1.54) is 63.4 Å². The summed E-state index contributed by atoms with van der Waals surface area (Å²) in [4.78, 5) is 2.71. The average Bonchev–Trinajstić information content (AvgIpc) is 2.31. The largest absolute Gasteiger partial charge is 0.311 e. The molecule has 0 bridgehead atoms. The quantitative estimate of drug-likeness (QED) is 0.814. The fraction of sp³-hybridized carbons (Fsp3) is 1.00. The monoisotopic (exact) mass is 242 g/mol. The standard InChI is InChI=1S/C13H26N2S/c1-2-3-13-11-15(7-6-14-13)10-12-4-8-16-9-5-12/h12-14H,2-11H2,1H3. The molecule has 1 atom stereocenters. The van der Waals surface area contributed by atoms with Crippen LogP contribution in [0.3, 0.4) is 0 Å². The number of hydrogen-bond acceptors (Lipinski definition) is 3. The third-order valence-corrected chi connectivity index (χ3v) is 4.88. The van der Waals surface area contributed by atoms with Crippen molar-refractivity contribution < 1.29 is 0 Å². The van der Waals surface area contributed by atoms with Gasteiger partial charge in [-0.25, -0.2) is 0 Å². The van der Waals surface area contributed by atoms with Gasteiger partial charge in [-0.1, -0.05) is 13.3 Å². The van der Waals surface area contributed by atoms with Gasteiger partial charge in [0, 0.05) is 32.2 Å².